The molecule has 1 saturated heterocycles. The van der Waals surface area contributed by atoms with Crippen LogP contribution in [0.4, 0.5) is 0 Å². The van der Waals surface area contributed by atoms with E-state index in [-0.39, 0.29) is 22.9 Å². The van der Waals surface area contributed by atoms with Crippen molar-refractivity contribution in [1.82, 2.24) is 14.9 Å². The topological polar surface area (TPSA) is 78.5 Å². The van der Waals surface area contributed by atoms with Gasteiger partial charge in [0.15, 0.2) is 0 Å². The molecule has 1 amide bonds. The number of hydrogen-bond donors (Lipinski definition) is 2. The number of nitrogens with one attached hydrogen (secondary N) is 2. The van der Waals surface area contributed by atoms with Crippen LogP contribution >= 0.6 is 0 Å². The fourth-order valence-electron chi connectivity index (χ4n) is 4.79. The Morgan fingerprint density at radius 2 is 1.77 bits per heavy atom. The number of aryl methyl sites for hydroxylation is 2. The molecular weight excluding hydrogens is 458 g/mol. The molecule has 1 aliphatic heterocycles. The van der Waals surface area contributed by atoms with E-state index in [9.17, 15) is 13.2 Å². The maximum absolute atomic E-state index is 13.0. The van der Waals surface area contributed by atoms with Crippen molar-refractivity contribution in [2.75, 3.05) is 19.6 Å². The first-order chi connectivity index (χ1) is 16.7. The Kier molecular flexibility index (Phi) is 10.3. The minimum absolute atomic E-state index is 0.0619. The molecule has 0 radical (unpaired) electrons. The maximum atomic E-state index is 13.0. The Balaban J connectivity index is 1.52. The smallest absolute Gasteiger partial charge is 0.240 e. The van der Waals surface area contributed by atoms with Gasteiger partial charge in [0, 0.05) is 19.1 Å². The van der Waals surface area contributed by atoms with Gasteiger partial charge < -0.3 is 5.32 Å². The van der Waals surface area contributed by atoms with Crippen molar-refractivity contribution in [3.05, 3.63) is 65.7 Å². The Hall–Kier alpha value is -2.22. The van der Waals surface area contributed by atoms with Crippen molar-refractivity contribution >= 4 is 15.9 Å². The molecule has 3 rings (SSSR count). The summed E-state index contributed by atoms with van der Waals surface area (Å²) in [5.74, 6) is 0.395. The van der Waals surface area contributed by atoms with Crippen LogP contribution in [0.3, 0.4) is 0 Å². The molecule has 0 bridgehead atoms. The first kappa shape index (κ1) is 27.4. The Labute approximate surface area is 211 Å². The van der Waals surface area contributed by atoms with Gasteiger partial charge >= 0.3 is 0 Å². The van der Waals surface area contributed by atoms with E-state index < -0.39 is 10.0 Å². The lowest BCUT2D eigenvalue weighted by molar-refractivity contribution is -0.125. The average molecular weight is 500 g/mol. The van der Waals surface area contributed by atoms with Gasteiger partial charge in [-0.2, -0.15) is 0 Å². The minimum atomic E-state index is -3.62. The number of amides is 1. The maximum Gasteiger partial charge on any atom is 0.240 e. The van der Waals surface area contributed by atoms with E-state index in [2.05, 4.69) is 53.1 Å². The second-order valence-corrected chi connectivity index (χ2v) is 11.9. The molecule has 1 heterocycles. The van der Waals surface area contributed by atoms with Gasteiger partial charge in [-0.25, -0.2) is 13.1 Å². The first-order valence-electron chi connectivity index (χ1n) is 12.9. The van der Waals surface area contributed by atoms with Gasteiger partial charge in [-0.1, -0.05) is 61.9 Å². The third kappa shape index (κ3) is 8.74. The Bertz CT molecular complexity index is 1020. The summed E-state index contributed by atoms with van der Waals surface area (Å²) in [5.41, 5.74) is 2.35. The highest BCUT2D eigenvalue weighted by Gasteiger charge is 2.33. The predicted molar refractivity (Wildman–Crippen MR) is 142 cm³/mol. The molecule has 2 aromatic rings. The molecule has 1 aliphatic rings. The molecule has 35 heavy (non-hydrogen) atoms. The van der Waals surface area contributed by atoms with E-state index >= 15 is 0 Å². The van der Waals surface area contributed by atoms with Crippen LogP contribution in [-0.2, 0) is 21.2 Å². The number of nitrogens with zero attached hydrogens (tertiary/aromatic N) is 1. The molecule has 2 N–H and O–H groups in total. The van der Waals surface area contributed by atoms with Crippen molar-refractivity contribution in [3.63, 3.8) is 0 Å². The summed E-state index contributed by atoms with van der Waals surface area (Å²) in [6.07, 6.45) is 5.48. The molecule has 6 nitrogen and oxygen atoms in total. The monoisotopic (exact) mass is 499 g/mol. The zero-order chi connectivity index (χ0) is 25.3. The van der Waals surface area contributed by atoms with E-state index in [4.69, 9.17) is 0 Å². The van der Waals surface area contributed by atoms with Gasteiger partial charge in [0.1, 0.15) is 0 Å². The summed E-state index contributed by atoms with van der Waals surface area (Å²) in [7, 11) is -3.62. The van der Waals surface area contributed by atoms with Gasteiger partial charge in [0.2, 0.25) is 15.9 Å². The third-order valence-corrected chi connectivity index (χ3v) is 8.10. The van der Waals surface area contributed by atoms with Gasteiger partial charge in [-0.05, 0) is 75.6 Å². The summed E-state index contributed by atoms with van der Waals surface area (Å²) in [6.45, 7) is 8.15. The molecule has 1 fully saturated rings. The second-order valence-electron chi connectivity index (χ2n) is 10.1. The predicted octanol–water partition coefficient (Wildman–Crippen LogP) is 4.29. The third-order valence-electron chi connectivity index (χ3n) is 6.56. The van der Waals surface area contributed by atoms with E-state index in [1.165, 1.54) is 5.56 Å². The number of likely N-dealkylation sites (tertiary alicyclic amines) is 1. The minimum Gasteiger partial charge on any atom is -0.355 e. The van der Waals surface area contributed by atoms with E-state index in [0.717, 1.165) is 50.6 Å². The summed E-state index contributed by atoms with van der Waals surface area (Å²) in [4.78, 5) is 15.4. The molecule has 7 heteroatoms. The lowest BCUT2D eigenvalue weighted by atomic mass is 10.0. The van der Waals surface area contributed by atoms with E-state index in [1.54, 1.807) is 12.1 Å². The van der Waals surface area contributed by atoms with Crippen LogP contribution < -0.4 is 10.0 Å². The van der Waals surface area contributed by atoms with Gasteiger partial charge in [-0.15, -0.1) is 0 Å². The quantitative estimate of drug-likeness (QED) is 0.403. The molecule has 0 unspecified atom stereocenters. The van der Waals surface area contributed by atoms with Gasteiger partial charge in [0.05, 0.1) is 10.9 Å². The summed E-state index contributed by atoms with van der Waals surface area (Å²) >= 11 is 0. The largest absolute Gasteiger partial charge is 0.355 e. The molecule has 2 atom stereocenters. The first-order valence-corrected chi connectivity index (χ1v) is 14.4. The number of carbonyl (C=O) groups excluding carboxylic acids is 1. The number of benzene rings is 2. The summed E-state index contributed by atoms with van der Waals surface area (Å²) in [5, 5.41) is 3.11. The molecule has 0 aromatic heterocycles. The lowest BCUT2D eigenvalue weighted by Crippen LogP contribution is -2.50. The molecule has 192 valence electrons. The Morgan fingerprint density at radius 3 is 2.46 bits per heavy atom. The standard InChI is InChI=1S/C28H41N3O3S/c1-22(2)20-25(30-35(33,34)26-16-14-23(3)15-17-26)21-31-19-9-13-27(31)28(32)29-18-8-7-12-24-10-5-4-6-11-24/h4-6,10-11,14-17,22,25,27,30H,7-9,12-13,18-21H2,1-3H3,(H,29,32)/t25-,27-/m0/s1. The fraction of sp³-hybridized carbons (Fsp3) is 0.536. The number of rotatable bonds is 13. The van der Waals surface area contributed by atoms with Crippen LogP contribution in [-0.4, -0.2) is 50.9 Å². The number of carbonyl (C=O) groups is 1. The molecule has 0 aliphatic carbocycles. The van der Waals surface area contributed by atoms with Crippen LogP contribution in [0.2, 0.25) is 0 Å². The van der Waals surface area contributed by atoms with E-state index in [1.807, 2.05) is 25.1 Å². The highest BCUT2D eigenvalue weighted by atomic mass is 32.2. The zero-order valence-electron chi connectivity index (χ0n) is 21.4. The Morgan fingerprint density at radius 1 is 1.06 bits per heavy atom. The van der Waals surface area contributed by atoms with Crippen molar-refractivity contribution in [2.24, 2.45) is 5.92 Å². The van der Waals surface area contributed by atoms with Crippen LogP contribution in [0, 0.1) is 12.8 Å². The molecular formula is C28H41N3O3S. The van der Waals surface area contributed by atoms with Crippen molar-refractivity contribution in [1.29, 1.82) is 0 Å². The molecule has 2 aromatic carbocycles. The number of sulfonamides is 1. The second kappa shape index (κ2) is 13.2. The normalized spacial score (nSPS) is 17.5. The van der Waals surface area contributed by atoms with Crippen molar-refractivity contribution in [3.8, 4) is 0 Å². The van der Waals surface area contributed by atoms with Crippen molar-refractivity contribution in [2.45, 2.75) is 76.3 Å². The number of hydrogen-bond acceptors (Lipinski definition) is 4. The zero-order valence-corrected chi connectivity index (χ0v) is 22.2. The average Bonchev–Trinajstić information content (AvgIpc) is 3.27. The summed E-state index contributed by atoms with van der Waals surface area (Å²) < 4.78 is 29.0. The fourth-order valence-corrected chi connectivity index (χ4v) is 6.03. The van der Waals surface area contributed by atoms with Crippen LogP contribution in [0.5, 0.6) is 0 Å². The number of unbranched alkanes of at least 4 members (excludes halogenated alkanes) is 1. The molecule has 0 spiro atoms. The van der Waals surface area contributed by atoms with Crippen LogP contribution in [0.15, 0.2) is 59.5 Å². The van der Waals surface area contributed by atoms with Crippen LogP contribution in [0.1, 0.15) is 57.1 Å². The van der Waals surface area contributed by atoms with Gasteiger partial charge in [0.25, 0.3) is 0 Å². The lowest BCUT2D eigenvalue weighted by Gasteiger charge is -2.29. The van der Waals surface area contributed by atoms with Crippen LogP contribution in [0.25, 0.3) is 0 Å². The van der Waals surface area contributed by atoms with E-state index in [0.29, 0.717) is 19.0 Å². The summed E-state index contributed by atoms with van der Waals surface area (Å²) in [6, 6.07) is 16.9. The highest BCUT2D eigenvalue weighted by Crippen LogP contribution is 2.21. The highest BCUT2D eigenvalue weighted by molar-refractivity contribution is 7.89. The van der Waals surface area contributed by atoms with Gasteiger partial charge in [-0.3, -0.25) is 9.69 Å². The van der Waals surface area contributed by atoms with Crippen molar-refractivity contribution < 1.29 is 13.2 Å². The SMILES string of the molecule is Cc1ccc(S(=O)(=O)N[C@@H](CC(C)C)CN2CCC[C@H]2C(=O)NCCCCc2ccccc2)cc1. The molecule has 0 saturated carbocycles.